The summed E-state index contributed by atoms with van der Waals surface area (Å²) in [6.07, 6.45) is 10.1. The summed E-state index contributed by atoms with van der Waals surface area (Å²) in [6, 6.07) is 10.5. The Kier molecular flexibility index (Phi) is 11.5. The van der Waals surface area contributed by atoms with Crippen LogP contribution in [0.5, 0.6) is 0 Å². The van der Waals surface area contributed by atoms with Crippen molar-refractivity contribution < 1.29 is 14.3 Å². The molecule has 4 nitrogen and oxygen atoms in total. The summed E-state index contributed by atoms with van der Waals surface area (Å²) in [7, 11) is 0. The third-order valence-electron chi connectivity index (χ3n) is 3.66. The van der Waals surface area contributed by atoms with Crippen molar-refractivity contribution in [3.63, 3.8) is 0 Å². The van der Waals surface area contributed by atoms with E-state index >= 15 is 0 Å². The van der Waals surface area contributed by atoms with Gasteiger partial charge in [0.1, 0.15) is 0 Å². The van der Waals surface area contributed by atoms with E-state index in [-0.39, 0.29) is 6.09 Å². The van der Waals surface area contributed by atoms with E-state index in [0.717, 1.165) is 44.9 Å². The summed E-state index contributed by atoms with van der Waals surface area (Å²) in [6.45, 7) is 1.09. The number of ether oxygens (including phenoxy) is 1. The summed E-state index contributed by atoms with van der Waals surface area (Å²) < 4.78 is 5.12. The molecule has 1 radical (unpaired) electrons. The smallest absolute Gasteiger partial charge is 0.407 e. The molecule has 23 heavy (non-hydrogen) atoms. The topological polar surface area (TPSA) is 55.4 Å². The fraction of sp³-hybridized carbons (Fsp3) is 0.579. The molecule has 0 heterocycles. The normalized spacial score (nSPS) is 10.3. The number of rotatable bonds is 13. The zero-order chi connectivity index (χ0) is 16.6. The van der Waals surface area contributed by atoms with E-state index in [1.807, 2.05) is 12.4 Å². The van der Waals surface area contributed by atoms with E-state index in [9.17, 15) is 9.59 Å². The molecule has 0 aliphatic carbocycles. The van der Waals surface area contributed by atoms with Gasteiger partial charge in [0.05, 0.1) is 6.61 Å². The van der Waals surface area contributed by atoms with Gasteiger partial charge < -0.3 is 10.1 Å². The number of unbranched alkanes of at least 4 members (excludes halogenated alkanes) is 6. The number of nitrogens with one attached hydrogen (secondary N) is 1. The number of hydrogen-bond acceptors (Lipinski definition) is 3. The molecule has 0 spiro atoms. The van der Waals surface area contributed by atoms with Crippen LogP contribution < -0.4 is 5.32 Å². The maximum atomic E-state index is 11.4. The summed E-state index contributed by atoms with van der Waals surface area (Å²) >= 11 is 0. The summed E-state index contributed by atoms with van der Waals surface area (Å²) in [5.74, 6) is 0. The Morgan fingerprint density at radius 2 is 1.70 bits per heavy atom. The molecule has 1 rings (SSSR count). The third-order valence-corrected chi connectivity index (χ3v) is 3.66. The largest absolute Gasteiger partial charge is 0.450 e. The Balaban J connectivity index is 1.84. The van der Waals surface area contributed by atoms with Gasteiger partial charge in [-0.25, -0.2) is 4.79 Å². The molecule has 1 N–H and O–H groups in total. The second-order valence-corrected chi connectivity index (χ2v) is 5.67. The summed E-state index contributed by atoms with van der Waals surface area (Å²) in [4.78, 5) is 21.4. The zero-order valence-corrected chi connectivity index (χ0v) is 13.9. The minimum atomic E-state index is -0.337. The molecular weight excluding hydrogens is 290 g/mol. The minimum absolute atomic E-state index is 0.337. The van der Waals surface area contributed by atoms with E-state index < -0.39 is 0 Å². The Hall–Kier alpha value is -1.84. The highest BCUT2D eigenvalue weighted by Gasteiger charge is 2.00. The van der Waals surface area contributed by atoms with Crippen LogP contribution in [0.1, 0.15) is 56.9 Å². The van der Waals surface area contributed by atoms with E-state index in [0.29, 0.717) is 19.6 Å². The molecule has 0 saturated heterocycles. The minimum Gasteiger partial charge on any atom is -0.450 e. The molecular formula is C19H28NO3. The number of carbonyl (C=O) groups is 1. The van der Waals surface area contributed by atoms with Crippen LogP contribution in [0, 0.1) is 0 Å². The molecule has 1 amide bonds. The average Bonchev–Trinajstić information content (AvgIpc) is 2.58. The van der Waals surface area contributed by atoms with Crippen molar-refractivity contribution in [1.29, 1.82) is 0 Å². The molecule has 1 aromatic rings. The molecule has 0 aliphatic heterocycles. The van der Waals surface area contributed by atoms with Crippen LogP contribution in [0.4, 0.5) is 4.79 Å². The number of alkyl carbamates (subject to hydrolysis) is 1. The third kappa shape index (κ3) is 11.4. The molecule has 4 heteroatoms. The van der Waals surface area contributed by atoms with Gasteiger partial charge >= 0.3 is 6.09 Å². The summed E-state index contributed by atoms with van der Waals surface area (Å²) in [5.41, 5.74) is 1.38. The summed E-state index contributed by atoms with van der Waals surface area (Å²) in [5, 5.41) is 2.72. The molecule has 127 valence electrons. The number of benzene rings is 1. The maximum Gasteiger partial charge on any atom is 0.407 e. The quantitative estimate of drug-likeness (QED) is 0.555. The predicted octanol–water partition coefficient (Wildman–Crippen LogP) is 4.19. The van der Waals surface area contributed by atoms with Gasteiger partial charge in [0.2, 0.25) is 0 Å². The second kappa shape index (κ2) is 13.8. The van der Waals surface area contributed by atoms with Crippen molar-refractivity contribution >= 4 is 12.4 Å². The van der Waals surface area contributed by atoms with Crippen molar-refractivity contribution in [3.8, 4) is 0 Å². The number of amides is 1. The molecule has 0 bridgehead atoms. The molecule has 0 aliphatic rings. The van der Waals surface area contributed by atoms with Gasteiger partial charge in [-0.3, -0.25) is 4.79 Å². The zero-order valence-electron chi connectivity index (χ0n) is 13.9. The van der Waals surface area contributed by atoms with Crippen LogP contribution in [0.3, 0.4) is 0 Å². The molecule has 0 unspecified atom stereocenters. The van der Waals surface area contributed by atoms with Crippen molar-refractivity contribution in [2.75, 3.05) is 13.2 Å². The molecule has 1 aromatic carbocycles. The Labute approximate surface area is 139 Å². The predicted molar refractivity (Wildman–Crippen MR) is 92.1 cm³/mol. The number of aryl methyl sites for hydroxylation is 1. The van der Waals surface area contributed by atoms with Gasteiger partial charge in [0.15, 0.2) is 6.29 Å². The Bertz CT molecular complexity index is 420. The molecule has 0 atom stereocenters. The fourth-order valence-corrected chi connectivity index (χ4v) is 2.33. The van der Waals surface area contributed by atoms with E-state index in [4.69, 9.17) is 4.74 Å². The maximum absolute atomic E-state index is 11.4. The van der Waals surface area contributed by atoms with Gasteiger partial charge in [-0.1, -0.05) is 49.6 Å². The number of hydrogen-bond donors (Lipinski definition) is 1. The van der Waals surface area contributed by atoms with Crippen LogP contribution in [0.25, 0.3) is 0 Å². The average molecular weight is 318 g/mol. The van der Waals surface area contributed by atoms with Crippen LogP contribution in [0.15, 0.2) is 30.3 Å². The van der Waals surface area contributed by atoms with Gasteiger partial charge in [-0.15, -0.1) is 0 Å². The molecule has 0 aromatic heterocycles. The lowest BCUT2D eigenvalue weighted by molar-refractivity contribution is 0.143. The van der Waals surface area contributed by atoms with Crippen molar-refractivity contribution in [3.05, 3.63) is 35.9 Å². The second-order valence-electron chi connectivity index (χ2n) is 5.67. The lowest BCUT2D eigenvalue weighted by Gasteiger charge is -2.07. The van der Waals surface area contributed by atoms with Gasteiger partial charge in [-0.05, 0) is 37.7 Å². The number of carbonyl (C=O) groups excluding carboxylic acids is 2. The van der Waals surface area contributed by atoms with Crippen LogP contribution in [0.2, 0.25) is 0 Å². The standard InChI is InChI=1S/C19H28NO3/c21-16-10-3-2-9-15-20-19(22)23-17-11-4-1-6-12-18-13-7-5-8-14-18/h5,7-8,13-14H,1-4,6,9-12,15,17H2,(H,20,22). The molecule has 0 saturated carbocycles. The van der Waals surface area contributed by atoms with Gasteiger partial charge in [0, 0.05) is 13.0 Å². The van der Waals surface area contributed by atoms with Crippen LogP contribution in [-0.2, 0) is 16.0 Å². The van der Waals surface area contributed by atoms with E-state index in [1.165, 1.54) is 12.0 Å². The highest BCUT2D eigenvalue weighted by atomic mass is 16.5. The Morgan fingerprint density at radius 1 is 0.957 bits per heavy atom. The first-order chi connectivity index (χ1) is 11.3. The van der Waals surface area contributed by atoms with Crippen LogP contribution in [-0.4, -0.2) is 25.5 Å². The van der Waals surface area contributed by atoms with E-state index in [1.54, 1.807) is 0 Å². The fourth-order valence-electron chi connectivity index (χ4n) is 2.33. The highest BCUT2D eigenvalue weighted by molar-refractivity contribution is 5.66. The van der Waals surface area contributed by atoms with Crippen molar-refractivity contribution in [1.82, 2.24) is 5.32 Å². The first-order valence-corrected chi connectivity index (χ1v) is 8.62. The van der Waals surface area contributed by atoms with Crippen molar-refractivity contribution in [2.24, 2.45) is 0 Å². The van der Waals surface area contributed by atoms with Gasteiger partial charge in [-0.2, -0.15) is 0 Å². The van der Waals surface area contributed by atoms with Crippen molar-refractivity contribution in [2.45, 2.75) is 57.8 Å². The molecule has 0 fully saturated rings. The Morgan fingerprint density at radius 3 is 2.48 bits per heavy atom. The highest BCUT2D eigenvalue weighted by Crippen LogP contribution is 2.07. The monoisotopic (exact) mass is 318 g/mol. The lowest BCUT2D eigenvalue weighted by atomic mass is 10.1. The van der Waals surface area contributed by atoms with Gasteiger partial charge in [0.25, 0.3) is 0 Å². The SMILES string of the molecule is O=[C]CCCCCNC(=O)OCCCCCCc1ccccc1. The first-order valence-electron chi connectivity index (χ1n) is 8.62. The first kappa shape index (κ1) is 19.2. The lowest BCUT2D eigenvalue weighted by Crippen LogP contribution is -2.25. The van der Waals surface area contributed by atoms with Crippen LogP contribution >= 0.6 is 0 Å². The van der Waals surface area contributed by atoms with E-state index in [2.05, 4.69) is 29.6 Å².